The number of amides is 2. The van der Waals surface area contributed by atoms with Crippen LogP contribution >= 0.6 is 34.8 Å². The van der Waals surface area contributed by atoms with Crippen LogP contribution in [0.4, 0.5) is 10.1 Å². The molecule has 6 N–H and O–H groups in total. The molecule has 2 aliphatic carbocycles. The number of hydrogen-bond donors (Lipinski definition) is 4. The Kier molecular flexibility index (Phi) is 7.76. The third kappa shape index (κ3) is 5.49. The van der Waals surface area contributed by atoms with Crippen molar-refractivity contribution in [1.29, 1.82) is 0 Å². The van der Waals surface area contributed by atoms with E-state index in [1.165, 1.54) is 18.2 Å². The van der Waals surface area contributed by atoms with Gasteiger partial charge in [0, 0.05) is 28.5 Å². The molecular formula is C31H29Cl3FN5O4. The fourth-order valence-corrected chi connectivity index (χ4v) is 6.02. The van der Waals surface area contributed by atoms with Gasteiger partial charge in [-0.15, -0.1) is 0 Å². The van der Waals surface area contributed by atoms with Crippen molar-refractivity contribution in [2.24, 2.45) is 16.6 Å². The maximum absolute atomic E-state index is 14.3. The number of primary amides is 1. The molecule has 230 valence electrons. The molecule has 0 unspecified atom stereocenters. The van der Waals surface area contributed by atoms with Crippen LogP contribution in [-0.2, 0) is 15.8 Å². The highest BCUT2D eigenvalue weighted by Gasteiger charge is 2.50. The van der Waals surface area contributed by atoms with Crippen LogP contribution in [0.3, 0.4) is 0 Å². The minimum Gasteiger partial charge on any atom is -0.489 e. The van der Waals surface area contributed by atoms with E-state index in [1.807, 2.05) is 0 Å². The number of carbonyl (C=O) groups is 2. The second-order valence-electron chi connectivity index (χ2n) is 11.8. The van der Waals surface area contributed by atoms with E-state index >= 15 is 0 Å². The Balaban J connectivity index is 1.38. The van der Waals surface area contributed by atoms with Gasteiger partial charge >= 0.3 is 0 Å². The number of nitrogens with two attached hydrogens (primary N) is 2. The van der Waals surface area contributed by atoms with E-state index in [4.69, 9.17) is 56.0 Å². The van der Waals surface area contributed by atoms with Gasteiger partial charge in [0.25, 0.3) is 5.91 Å². The van der Waals surface area contributed by atoms with Crippen LogP contribution in [0.25, 0.3) is 11.3 Å². The highest BCUT2D eigenvalue weighted by atomic mass is 35.5. The fraction of sp³-hybridized carbons (Fsp3) is 0.355. The molecule has 3 aromatic rings. The van der Waals surface area contributed by atoms with Crippen LogP contribution < -0.4 is 21.5 Å². The smallest absolute Gasteiger partial charge is 0.251 e. The van der Waals surface area contributed by atoms with Gasteiger partial charge in [-0.2, -0.15) is 0 Å². The third-order valence-electron chi connectivity index (χ3n) is 8.48. The predicted molar refractivity (Wildman–Crippen MR) is 167 cm³/mol. The molecule has 44 heavy (non-hydrogen) atoms. The number of aliphatic hydroxyl groups is 1. The van der Waals surface area contributed by atoms with E-state index < -0.39 is 28.6 Å². The first-order chi connectivity index (χ1) is 20.8. The first-order valence-corrected chi connectivity index (χ1v) is 15.2. The molecule has 13 heteroatoms. The minimum atomic E-state index is -1.65. The molecule has 0 saturated heterocycles. The summed E-state index contributed by atoms with van der Waals surface area (Å²) in [5.74, 6) is -1.93. The molecule has 2 aromatic carbocycles. The Morgan fingerprint density at radius 2 is 1.84 bits per heavy atom. The van der Waals surface area contributed by atoms with Crippen molar-refractivity contribution in [2.75, 3.05) is 18.9 Å². The van der Waals surface area contributed by atoms with Crippen LogP contribution in [0.15, 0.2) is 35.3 Å². The summed E-state index contributed by atoms with van der Waals surface area (Å²) < 4.78 is 20.2. The standard InChI is InChI=1S/C31H29Cl3FN5O4/c1-30(29(37)42)13-44-27-19(30)10-23(40-26(27)14-7-20(32)24(35)21(33)8-14)31(43,17-2-3-17)12-39-28(41)15-6-16(11-38-18-4-5-18)25(36)22(34)9-15/h6-11,17-18,43H,2-5,12-13,36H2,1H3,(H2,37,42)(H,39,41)/t30-,31+/m0/s1. The number of hydrogen-bond acceptors (Lipinski definition) is 7. The summed E-state index contributed by atoms with van der Waals surface area (Å²) in [6, 6.07) is 7.58. The summed E-state index contributed by atoms with van der Waals surface area (Å²) in [6.45, 7) is 1.35. The van der Waals surface area contributed by atoms with E-state index in [-0.39, 0.29) is 62.9 Å². The highest BCUT2D eigenvalue weighted by Crippen LogP contribution is 2.50. The maximum Gasteiger partial charge on any atom is 0.251 e. The maximum atomic E-state index is 14.3. The predicted octanol–water partition coefficient (Wildman–Crippen LogP) is 5.17. The van der Waals surface area contributed by atoms with Gasteiger partial charge in [0.1, 0.15) is 29.1 Å². The van der Waals surface area contributed by atoms with E-state index in [0.717, 1.165) is 12.8 Å². The molecule has 2 fully saturated rings. The molecule has 2 atom stereocenters. The molecule has 2 amide bonds. The Hall–Kier alpha value is -3.44. The van der Waals surface area contributed by atoms with Crippen molar-refractivity contribution >= 4 is 58.5 Å². The lowest BCUT2D eigenvalue weighted by molar-refractivity contribution is -0.123. The van der Waals surface area contributed by atoms with Crippen LogP contribution in [0, 0.1) is 11.7 Å². The second-order valence-corrected chi connectivity index (χ2v) is 13.0. The number of carbonyl (C=O) groups excluding carboxylic acids is 2. The number of aliphatic imine (C=N–C) groups is 1. The number of anilines is 1. The third-order valence-corrected chi connectivity index (χ3v) is 9.35. The zero-order valence-corrected chi connectivity index (χ0v) is 25.9. The van der Waals surface area contributed by atoms with Crippen LogP contribution in [0.1, 0.15) is 59.8 Å². The van der Waals surface area contributed by atoms with E-state index in [2.05, 4.69) is 10.3 Å². The number of ether oxygens (including phenoxy) is 1. The summed E-state index contributed by atoms with van der Waals surface area (Å²) in [7, 11) is 0. The summed E-state index contributed by atoms with van der Waals surface area (Å²) >= 11 is 18.5. The minimum absolute atomic E-state index is 0.0681. The molecule has 2 heterocycles. The molecular weight excluding hydrogens is 632 g/mol. The second kappa shape index (κ2) is 11.2. The van der Waals surface area contributed by atoms with Crippen molar-refractivity contribution < 1.29 is 23.8 Å². The first kappa shape index (κ1) is 30.6. The number of nitrogen functional groups attached to an aromatic ring is 1. The van der Waals surface area contributed by atoms with Crippen molar-refractivity contribution in [3.05, 3.63) is 73.6 Å². The summed E-state index contributed by atoms with van der Waals surface area (Å²) in [5, 5.41) is 14.7. The molecule has 3 aliphatic rings. The van der Waals surface area contributed by atoms with E-state index in [9.17, 15) is 19.1 Å². The van der Waals surface area contributed by atoms with Crippen LogP contribution in [-0.4, -0.2) is 47.3 Å². The Morgan fingerprint density at radius 1 is 1.16 bits per heavy atom. The number of rotatable bonds is 9. The summed E-state index contributed by atoms with van der Waals surface area (Å²) in [6.07, 6.45) is 4.99. The van der Waals surface area contributed by atoms with Crippen LogP contribution in [0.2, 0.25) is 15.1 Å². The quantitative estimate of drug-likeness (QED) is 0.141. The molecule has 0 spiro atoms. The zero-order valence-electron chi connectivity index (χ0n) is 23.6. The lowest BCUT2D eigenvalue weighted by atomic mass is 9.81. The summed E-state index contributed by atoms with van der Waals surface area (Å²) in [4.78, 5) is 35.2. The number of fused-ring (bicyclic) bond motifs is 1. The van der Waals surface area contributed by atoms with E-state index in [0.29, 0.717) is 35.2 Å². The highest BCUT2D eigenvalue weighted by molar-refractivity contribution is 6.35. The molecule has 1 aliphatic heterocycles. The first-order valence-electron chi connectivity index (χ1n) is 14.1. The van der Waals surface area contributed by atoms with Gasteiger partial charge in [0.05, 0.1) is 39.0 Å². The van der Waals surface area contributed by atoms with E-state index in [1.54, 1.807) is 25.3 Å². The SMILES string of the molecule is C[C@]1(C(N)=O)COc2c1cc([C@@](O)(CNC(=O)c1cc(Cl)c(N)c(C=NC3CC3)c1)C1CC1)nc2-c1cc(Cl)c(F)c(Cl)c1. The van der Waals surface area contributed by atoms with Gasteiger partial charge in [0.15, 0.2) is 5.82 Å². The van der Waals surface area contributed by atoms with Gasteiger partial charge in [-0.1, -0.05) is 34.8 Å². The normalized spacial score (nSPS) is 20.7. The number of nitrogens with zero attached hydrogens (tertiary/aromatic N) is 2. The fourth-order valence-electron chi connectivity index (χ4n) is 5.31. The number of benzene rings is 2. The van der Waals surface area contributed by atoms with Gasteiger partial charge in [-0.05, 0) is 68.9 Å². The number of aromatic nitrogens is 1. The van der Waals surface area contributed by atoms with Crippen molar-refractivity contribution in [3.8, 4) is 17.0 Å². The van der Waals surface area contributed by atoms with Gasteiger partial charge in [0.2, 0.25) is 5.91 Å². The zero-order chi connectivity index (χ0) is 31.6. The largest absolute Gasteiger partial charge is 0.489 e. The molecule has 6 rings (SSSR count). The monoisotopic (exact) mass is 659 g/mol. The molecule has 0 bridgehead atoms. The van der Waals surface area contributed by atoms with Gasteiger partial charge in [-0.3, -0.25) is 14.6 Å². The number of nitrogens with one attached hydrogen (secondary N) is 1. The lowest BCUT2D eigenvalue weighted by Gasteiger charge is -2.30. The van der Waals surface area contributed by atoms with Crippen molar-refractivity contribution in [1.82, 2.24) is 10.3 Å². The Labute approximate surface area is 267 Å². The van der Waals surface area contributed by atoms with Gasteiger partial charge < -0.3 is 26.6 Å². The van der Waals surface area contributed by atoms with Crippen molar-refractivity contribution in [2.45, 2.75) is 49.7 Å². The molecule has 0 radical (unpaired) electrons. The average Bonchev–Trinajstić information content (AvgIpc) is 3.92. The van der Waals surface area contributed by atoms with Crippen molar-refractivity contribution in [3.63, 3.8) is 0 Å². The molecule has 1 aromatic heterocycles. The lowest BCUT2D eigenvalue weighted by Crippen LogP contribution is -2.44. The topological polar surface area (TPSA) is 153 Å². The van der Waals surface area contributed by atoms with Gasteiger partial charge in [-0.25, -0.2) is 9.37 Å². The number of halogens is 4. The average molecular weight is 661 g/mol. The summed E-state index contributed by atoms with van der Waals surface area (Å²) in [5.41, 5.74) is 11.2. The van der Waals surface area contributed by atoms with Crippen LogP contribution in [0.5, 0.6) is 5.75 Å². The molecule has 9 nitrogen and oxygen atoms in total. The molecule has 2 saturated carbocycles. The Morgan fingerprint density at radius 3 is 2.45 bits per heavy atom. The Bertz CT molecular complexity index is 1720. The number of pyridine rings is 1.